The van der Waals surface area contributed by atoms with Crippen molar-refractivity contribution in [2.75, 3.05) is 18.4 Å². The van der Waals surface area contributed by atoms with Crippen molar-refractivity contribution in [2.45, 2.75) is 32.7 Å². The zero-order chi connectivity index (χ0) is 23.3. The van der Waals surface area contributed by atoms with Gasteiger partial charge in [0.1, 0.15) is 5.41 Å². The summed E-state index contributed by atoms with van der Waals surface area (Å²) in [6.45, 7) is 4.93. The van der Waals surface area contributed by atoms with Crippen LogP contribution >= 0.6 is 0 Å². The fourth-order valence-electron chi connectivity index (χ4n) is 4.41. The molecular weight excluding hydrogens is 420 g/mol. The van der Waals surface area contributed by atoms with Gasteiger partial charge in [-0.1, -0.05) is 6.92 Å². The number of nitrogens with one attached hydrogen (secondary N) is 1. The summed E-state index contributed by atoms with van der Waals surface area (Å²) in [6.07, 6.45) is 6.17. The van der Waals surface area contributed by atoms with E-state index in [2.05, 4.69) is 21.5 Å². The molecule has 1 aliphatic carbocycles. The van der Waals surface area contributed by atoms with E-state index in [1.165, 1.54) is 6.20 Å². The van der Waals surface area contributed by atoms with Crippen molar-refractivity contribution >= 4 is 23.1 Å². The quantitative estimate of drug-likeness (QED) is 0.610. The number of aromatic nitrogens is 4. The van der Waals surface area contributed by atoms with Gasteiger partial charge >= 0.3 is 0 Å². The number of carbonyl (C=O) groups excluding carboxylic acids is 2. The van der Waals surface area contributed by atoms with Crippen molar-refractivity contribution in [1.29, 1.82) is 5.26 Å². The summed E-state index contributed by atoms with van der Waals surface area (Å²) >= 11 is 0. The number of nitrogens with zero attached hydrogens (tertiary/aromatic N) is 6. The molecule has 0 radical (unpaired) electrons. The topological polar surface area (TPSA) is 142 Å². The molecule has 5 rings (SSSR count). The van der Waals surface area contributed by atoms with Gasteiger partial charge in [0.05, 0.1) is 35.4 Å². The van der Waals surface area contributed by atoms with E-state index in [-0.39, 0.29) is 23.4 Å². The second kappa shape index (κ2) is 7.55. The molecule has 0 bridgehead atoms. The van der Waals surface area contributed by atoms with Gasteiger partial charge < -0.3 is 16.0 Å². The Morgan fingerprint density at radius 2 is 2.12 bits per heavy atom. The lowest BCUT2D eigenvalue weighted by Crippen LogP contribution is -2.36. The zero-order valence-electron chi connectivity index (χ0n) is 18.4. The van der Waals surface area contributed by atoms with E-state index >= 15 is 0 Å². The Hall–Kier alpha value is -4.00. The van der Waals surface area contributed by atoms with Crippen LogP contribution < -0.4 is 11.1 Å². The summed E-state index contributed by atoms with van der Waals surface area (Å²) in [5, 5.41) is 17.1. The maximum Gasteiger partial charge on any atom is 0.252 e. The van der Waals surface area contributed by atoms with Crippen molar-refractivity contribution in [2.24, 2.45) is 17.1 Å². The molecule has 3 aromatic rings. The summed E-state index contributed by atoms with van der Waals surface area (Å²) in [7, 11) is 0. The second-order valence-corrected chi connectivity index (χ2v) is 9.01. The molecule has 1 aliphatic heterocycles. The van der Waals surface area contributed by atoms with Gasteiger partial charge in [0.2, 0.25) is 5.91 Å². The number of hydrogen-bond donors (Lipinski definition) is 2. The van der Waals surface area contributed by atoms with Crippen LogP contribution in [0.25, 0.3) is 16.9 Å². The number of carbonyl (C=O) groups is 2. The van der Waals surface area contributed by atoms with Crippen LogP contribution in [-0.2, 0) is 4.79 Å². The largest absolute Gasteiger partial charge is 0.376 e. The third-order valence-electron chi connectivity index (χ3n) is 6.55. The third kappa shape index (κ3) is 3.55. The van der Waals surface area contributed by atoms with Crippen molar-refractivity contribution in [1.82, 2.24) is 24.5 Å². The van der Waals surface area contributed by atoms with Crippen molar-refractivity contribution in [3.8, 4) is 17.3 Å². The third-order valence-corrected chi connectivity index (χ3v) is 6.55. The molecule has 0 spiro atoms. The highest BCUT2D eigenvalue weighted by Crippen LogP contribution is 2.47. The number of likely N-dealkylation sites (tertiary alicyclic amines) is 1. The molecule has 168 valence electrons. The molecule has 10 nitrogen and oxygen atoms in total. The van der Waals surface area contributed by atoms with Crippen LogP contribution in [0.3, 0.4) is 0 Å². The molecule has 2 amide bonds. The molecule has 3 aromatic heterocycles. The molecule has 3 N–H and O–H groups in total. The molecule has 33 heavy (non-hydrogen) atoms. The Labute approximate surface area is 190 Å². The van der Waals surface area contributed by atoms with E-state index in [1.807, 2.05) is 26.0 Å². The van der Waals surface area contributed by atoms with Gasteiger partial charge in [0.25, 0.3) is 5.91 Å². The number of primary amides is 1. The van der Waals surface area contributed by atoms with Gasteiger partial charge in [0, 0.05) is 36.6 Å². The number of amides is 2. The molecule has 2 atom stereocenters. The summed E-state index contributed by atoms with van der Waals surface area (Å²) < 4.78 is 1.61. The van der Waals surface area contributed by atoms with Crippen LogP contribution in [0.1, 0.15) is 35.8 Å². The first-order valence-corrected chi connectivity index (χ1v) is 10.9. The van der Waals surface area contributed by atoms with Crippen LogP contribution in [0.5, 0.6) is 0 Å². The van der Waals surface area contributed by atoms with Gasteiger partial charge in [-0.15, -0.1) is 0 Å². The van der Waals surface area contributed by atoms with E-state index in [4.69, 9.17) is 10.7 Å². The van der Waals surface area contributed by atoms with Gasteiger partial charge in [0.15, 0.2) is 5.65 Å². The number of anilines is 1. The van der Waals surface area contributed by atoms with Crippen LogP contribution in [0, 0.1) is 29.6 Å². The Morgan fingerprint density at radius 3 is 2.79 bits per heavy atom. The van der Waals surface area contributed by atoms with Crippen LogP contribution in [-0.4, -0.2) is 55.4 Å². The average molecular weight is 444 g/mol. The molecule has 1 saturated heterocycles. The standard InChI is InChI=1S/C23H24N8O2/c1-13-9-30(22(33)23(12-24)4-5-23)10-17(13)28-19-16(20(25)32)8-27-31-11-18(29-21(19)31)15-3-6-26-14(2)7-15/h3,6-8,11,13,17,28H,4-5,9-10H2,1-2H3,(H2,25,32)/t13-,17+/m0/s1. The number of pyridine rings is 1. The number of rotatable bonds is 5. The minimum Gasteiger partial charge on any atom is -0.376 e. The minimum absolute atomic E-state index is 0.104. The average Bonchev–Trinajstić information content (AvgIpc) is 3.33. The molecule has 10 heteroatoms. The first kappa shape index (κ1) is 20.9. The Bertz CT molecular complexity index is 1320. The van der Waals surface area contributed by atoms with Gasteiger partial charge in [-0.2, -0.15) is 10.4 Å². The molecule has 0 aromatic carbocycles. The number of imidazole rings is 1. The highest BCUT2D eigenvalue weighted by Gasteiger charge is 2.54. The van der Waals surface area contributed by atoms with Crippen LogP contribution in [0.2, 0.25) is 0 Å². The van der Waals surface area contributed by atoms with E-state index < -0.39 is 11.3 Å². The minimum atomic E-state index is -0.850. The number of aryl methyl sites for hydroxylation is 1. The van der Waals surface area contributed by atoms with E-state index in [9.17, 15) is 14.9 Å². The predicted octanol–water partition coefficient (Wildman–Crippen LogP) is 1.76. The Balaban J connectivity index is 1.49. The van der Waals surface area contributed by atoms with E-state index in [0.29, 0.717) is 43.0 Å². The van der Waals surface area contributed by atoms with E-state index in [0.717, 1.165) is 11.3 Å². The van der Waals surface area contributed by atoms with Crippen LogP contribution in [0.4, 0.5) is 5.69 Å². The summed E-state index contributed by atoms with van der Waals surface area (Å²) in [4.78, 5) is 35.7. The van der Waals surface area contributed by atoms with Crippen molar-refractivity contribution < 1.29 is 9.59 Å². The molecule has 1 saturated carbocycles. The fraction of sp³-hybridized carbons (Fsp3) is 0.391. The van der Waals surface area contributed by atoms with Crippen molar-refractivity contribution in [3.05, 3.63) is 42.0 Å². The second-order valence-electron chi connectivity index (χ2n) is 9.01. The Morgan fingerprint density at radius 1 is 1.33 bits per heavy atom. The fourth-order valence-corrected chi connectivity index (χ4v) is 4.41. The lowest BCUT2D eigenvalue weighted by atomic mass is 10.1. The maximum absolute atomic E-state index is 12.8. The number of fused-ring (bicyclic) bond motifs is 1. The lowest BCUT2D eigenvalue weighted by molar-refractivity contribution is -0.134. The van der Waals surface area contributed by atoms with Gasteiger partial charge in [-0.05, 0) is 37.8 Å². The predicted molar refractivity (Wildman–Crippen MR) is 120 cm³/mol. The van der Waals surface area contributed by atoms with Gasteiger partial charge in [-0.25, -0.2) is 9.50 Å². The van der Waals surface area contributed by atoms with Crippen molar-refractivity contribution in [3.63, 3.8) is 0 Å². The maximum atomic E-state index is 12.8. The molecule has 4 heterocycles. The molecule has 0 unspecified atom stereocenters. The normalized spacial score (nSPS) is 21.1. The number of nitriles is 1. The first-order valence-electron chi connectivity index (χ1n) is 10.9. The number of hydrogen-bond acceptors (Lipinski definition) is 7. The highest BCUT2D eigenvalue weighted by atomic mass is 16.2. The highest BCUT2D eigenvalue weighted by molar-refractivity contribution is 6.01. The molecule has 2 fully saturated rings. The van der Waals surface area contributed by atoms with E-state index in [1.54, 1.807) is 21.8 Å². The first-order chi connectivity index (χ1) is 15.8. The lowest BCUT2D eigenvalue weighted by Gasteiger charge is -2.21. The smallest absolute Gasteiger partial charge is 0.252 e. The summed E-state index contributed by atoms with van der Waals surface area (Å²) in [5.74, 6) is -0.612. The van der Waals surface area contributed by atoms with Gasteiger partial charge in [-0.3, -0.25) is 14.6 Å². The Kier molecular flexibility index (Phi) is 4.78. The molecular formula is C23H24N8O2. The SMILES string of the molecule is Cc1cc(-c2cn3ncc(C(N)=O)c(N[C@@H]4CN(C(=O)C5(C#N)CC5)C[C@@H]4C)c3n2)ccn1. The summed E-state index contributed by atoms with van der Waals surface area (Å²) in [6, 6.07) is 5.84. The zero-order valence-corrected chi connectivity index (χ0v) is 18.4. The monoisotopic (exact) mass is 444 g/mol. The van der Waals surface area contributed by atoms with Crippen LogP contribution in [0.15, 0.2) is 30.7 Å². The molecule has 2 aliphatic rings. The number of nitrogens with two attached hydrogens (primary N) is 1. The summed E-state index contributed by atoms with van der Waals surface area (Å²) in [5.41, 5.74) is 8.44.